The Balaban J connectivity index is 1.88. The summed E-state index contributed by atoms with van der Waals surface area (Å²) in [6.07, 6.45) is 16.3. The lowest BCUT2D eigenvalue weighted by molar-refractivity contribution is 0.0513. The van der Waals surface area contributed by atoms with Gasteiger partial charge in [0, 0.05) is 11.4 Å². The van der Waals surface area contributed by atoms with Crippen molar-refractivity contribution in [2.45, 2.75) is 151 Å². The molecule has 3 atom stereocenters. The fraction of sp³-hybridized carbons (Fsp3) is 0.703. The van der Waals surface area contributed by atoms with Crippen LogP contribution in [0.3, 0.4) is 0 Å². The van der Waals surface area contributed by atoms with Crippen molar-refractivity contribution in [1.29, 1.82) is 0 Å². The largest absolute Gasteiger partial charge is 0.487 e. The Labute approximate surface area is 252 Å². The third-order valence-electron chi connectivity index (χ3n) is 8.74. The van der Waals surface area contributed by atoms with Crippen LogP contribution in [0, 0.1) is 31.6 Å². The van der Waals surface area contributed by atoms with Gasteiger partial charge in [0.05, 0.1) is 5.04 Å². The van der Waals surface area contributed by atoms with Gasteiger partial charge >= 0.3 is 0 Å². The molecule has 0 aromatic heterocycles. The maximum atomic E-state index is 6.88. The van der Waals surface area contributed by atoms with E-state index in [9.17, 15) is 0 Å². The quantitative estimate of drug-likeness (QED) is 0.113. The maximum Gasteiger partial charge on any atom is 0.126 e. The second kappa shape index (κ2) is 16.8. The van der Waals surface area contributed by atoms with Gasteiger partial charge in [-0.1, -0.05) is 90.9 Å². The third-order valence-corrected chi connectivity index (χ3v) is 9.70. The standard InChI is InChI=1S/C37H61NOS/c1-26(2)15-12-16-28(5)17-13-18-29(6)19-14-21-37(11)22-20-35-34(24-30(7)32(9)36(35)39-37)25-40-33(10)38-31(8)23-27(3)4/h23-24,26,28-29H,3,12-22,25H2,1-2,4-11H3/b31-23-,38-33?. The van der Waals surface area contributed by atoms with Crippen LogP contribution in [0.15, 0.2) is 35.0 Å². The van der Waals surface area contributed by atoms with E-state index in [1.54, 1.807) is 0 Å². The number of rotatable bonds is 16. The molecule has 0 spiro atoms. The van der Waals surface area contributed by atoms with Crippen molar-refractivity contribution in [1.82, 2.24) is 0 Å². The Morgan fingerprint density at radius 1 is 1.00 bits per heavy atom. The monoisotopic (exact) mass is 567 g/mol. The highest BCUT2D eigenvalue weighted by molar-refractivity contribution is 8.13. The van der Waals surface area contributed by atoms with Gasteiger partial charge in [-0.15, -0.1) is 11.8 Å². The fourth-order valence-electron chi connectivity index (χ4n) is 6.07. The zero-order valence-electron chi connectivity index (χ0n) is 27.8. The molecule has 0 fully saturated rings. The number of fused-ring (bicyclic) bond motifs is 1. The predicted molar refractivity (Wildman–Crippen MR) is 181 cm³/mol. The van der Waals surface area contributed by atoms with Crippen LogP contribution in [0.5, 0.6) is 5.75 Å². The van der Waals surface area contributed by atoms with Crippen molar-refractivity contribution in [2.75, 3.05) is 0 Å². The number of aliphatic imine (C=N–C) groups is 1. The number of hydrogen-bond donors (Lipinski definition) is 0. The molecule has 0 saturated heterocycles. The summed E-state index contributed by atoms with van der Waals surface area (Å²) in [6.45, 7) is 26.5. The number of benzene rings is 1. The second-order valence-corrected chi connectivity index (χ2v) is 14.9. The molecule has 1 aromatic rings. The number of nitrogens with zero attached hydrogens (tertiary/aromatic N) is 1. The molecule has 3 unspecified atom stereocenters. The maximum absolute atomic E-state index is 6.88. The van der Waals surface area contributed by atoms with Gasteiger partial charge in [0.25, 0.3) is 0 Å². The molecule has 40 heavy (non-hydrogen) atoms. The zero-order chi connectivity index (χ0) is 29.9. The summed E-state index contributed by atoms with van der Waals surface area (Å²) in [7, 11) is 0. The van der Waals surface area contributed by atoms with Crippen molar-refractivity contribution in [3.05, 3.63) is 52.2 Å². The molecule has 2 rings (SSSR count). The van der Waals surface area contributed by atoms with Gasteiger partial charge in [0.15, 0.2) is 0 Å². The van der Waals surface area contributed by atoms with E-state index in [-0.39, 0.29) is 5.60 Å². The van der Waals surface area contributed by atoms with Crippen LogP contribution in [0.25, 0.3) is 0 Å². The normalized spacial score (nSPS) is 19.4. The lowest BCUT2D eigenvalue weighted by Gasteiger charge is -2.38. The Kier molecular flexibility index (Phi) is 14.6. The molecule has 2 nitrogen and oxygen atoms in total. The van der Waals surface area contributed by atoms with Crippen molar-refractivity contribution in [3.8, 4) is 5.75 Å². The Morgan fingerprint density at radius 3 is 2.20 bits per heavy atom. The number of aryl methyl sites for hydroxylation is 1. The van der Waals surface area contributed by atoms with E-state index >= 15 is 0 Å². The lowest BCUT2D eigenvalue weighted by Crippen LogP contribution is -2.37. The first-order valence-corrected chi connectivity index (χ1v) is 17.1. The van der Waals surface area contributed by atoms with Crippen LogP contribution >= 0.6 is 11.8 Å². The van der Waals surface area contributed by atoms with Crippen LogP contribution in [-0.2, 0) is 12.2 Å². The topological polar surface area (TPSA) is 21.6 Å². The molecule has 1 aromatic carbocycles. The van der Waals surface area contributed by atoms with E-state index in [0.29, 0.717) is 0 Å². The Bertz CT molecular complexity index is 1020. The van der Waals surface area contributed by atoms with Gasteiger partial charge in [0.2, 0.25) is 0 Å². The molecule has 226 valence electrons. The molecule has 1 heterocycles. The van der Waals surface area contributed by atoms with Crippen molar-refractivity contribution in [2.24, 2.45) is 22.7 Å². The molecule has 0 radical (unpaired) electrons. The smallest absolute Gasteiger partial charge is 0.126 e. The average molecular weight is 568 g/mol. The highest BCUT2D eigenvalue weighted by Gasteiger charge is 2.33. The van der Waals surface area contributed by atoms with Crippen LogP contribution in [-0.4, -0.2) is 10.6 Å². The van der Waals surface area contributed by atoms with Crippen LogP contribution in [0.1, 0.15) is 142 Å². The minimum Gasteiger partial charge on any atom is -0.487 e. The molecule has 3 heteroatoms. The third kappa shape index (κ3) is 12.2. The highest BCUT2D eigenvalue weighted by Crippen LogP contribution is 2.42. The molecule has 0 saturated carbocycles. The first-order valence-electron chi connectivity index (χ1n) is 16.1. The number of allylic oxidation sites excluding steroid dienone is 3. The molecule has 1 aliphatic rings. The van der Waals surface area contributed by atoms with Crippen molar-refractivity contribution in [3.63, 3.8) is 0 Å². The van der Waals surface area contributed by atoms with Gasteiger partial charge in [-0.05, 0) is 113 Å². The van der Waals surface area contributed by atoms with Gasteiger partial charge in [-0.25, -0.2) is 0 Å². The molecule has 0 amide bonds. The summed E-state index contributed by atoms with van der Waals surface area (Å²) in [5.74, 6) is 4.64. The van der Waals surface area contributed by atoms with Gasteiger partial charge in [-0.3, -0.25) is 4.99 Å². The summed E-state index contributed by atoms with van der Waals surface area (Å²) in [5, 5.41) is 1.10. The summed E-state index contributed by atoms with van der Waals surface area (Å²) in [5.41, 5.74) is 7.48. The van der Waals surface area contributed by atoms with E-state index in [1.807, 2.05) is 31.7 Å². The Morgan fingerprint density at radius 2 is 1.60 bits per heavy atom. The fourth-order valence-corrected chi connectivity index (χ4v) is 6.90. The van der Waals surface area contributed by atoms with Crippen LogP contribution < -0.4 is 4.74 Å². The molecule has 0 N–H and O–H groups in total. The molecular formula is C37H61NOS. The number of ether oxygens (including phenoxy) is 1. The summed E-state index contributed by atoms with van der Waals surface area (Å²) >= 11 is 1.83. The number of thioether (sulfide) groups is 1. The second-order valence-electron chi connectivity index (χ2n) is 13.7. The van der Waals surface area contributed by atoms with Crippen LogP contribution in [0.2, 0.25) is 0 Å². The van der Waals surface area contributed by atoms with E-state index in [1.165, 1.54) is 73.6 Å². The summed E-state index contributed by atoms with van der Waals surface area (Å²) in [6, 6.07) is 2.38. The lowest BCUT2D eigenvalue weighted by atomic mass is 9.84. The Hall–Kier alpha value is -1.48. The van der Waals surface area contributed by atoms with E-state index in [2.05, 4.69) is 68.0 Å². The molecule has 1 aliphatic heterocycles. The van der Waals surface area contributed by atoms with Crippen LogP contribution in [0.4, 0.5) is 0 Å². The minimum absolute atomic E-state index is 0.0531. The summed E-state index contributed by atoms with van der Waals surface area (Å²) in [4.78, 5) is 4.75. The molecular weight excluding hydrogens is 506 g/mol. The van der Waals surface area contributed by atoms with Crippen molar-refractivity contribution < 1.29 is 4.74 Å². The first kappa shape index (κ1) is 34.7. The van der Waals surface area contributed by atoms with E-state index in [4.69, 9.17) is 9.73 Å². The molecule has 0 bridgehead atoms. The van der Waals surface area contributed by atoms with E-state index < -0.39 is 0 Å². The zero-order valence-corrected chi connectivity index (χ0v) is 28.7. The average Bonchev–Trinajstić information content (AvgIpc) is 2.84. The van der Waals surface area contributed by atoms with E-state index in [0.717, 1.165) is 64.8 Å². The van der Waals surface area contributed by atoms with Gasteiger partial charge in [-0.2, -0.15) is 0 Å². The minimum atomic E-state index is -0.0531. The summed E-state index contributed by atoms with van der Waals surface area (Å²) < 4.78 is 6.88. The number of hydrogen-bond acceptors (Lipinski definition) is 3. The first-order chi connectivity index (χ1) is 18.8. The molecule has 0 aliphatic carbocycles. The SMILES string of the molecule is C=C(C)/C=C(/C)N=C(C)SCc1cc(C)c(C)c2c1CCC(C)(CCCC(C)CCCC(C)CCCC(C)C)O2. The van der Waals surface area contributed by atoms with Crippen molar-refractivity contribution >= 4 is 16.8 Å². The van der Waals surface area contributed by atoms with Gasteiger partial charge < -0.3 is 4.74 Å². The highest BCUT2D eigenvalue weighted by atomic mass is 32.2. The van der Waals surface area contributed by atoms with Gasteiger partial charge in [0.1, 0.15) is 11.4 Å². The predicted octanol–water partition coefficient (Wildman–Crippen LogP) is 12.0.